The maximum absolute atomic E-state index is 11.1. The SMILES string of the molecule is C#CC1=CC(C)C(CCc2cccc(C(N)=O)c2)=C1. The Hall–Kier alpha value is -2.27. The summed E-state index contributed by atoms with van der Waals surface area (Å²) in [6, 6.07) is 7.48. The topological polar surface area (TPSA) is 43.1 Å². The first kappa shape index (κ1) is 13.2. The largest absolute Gasteiger partial charge is 0.366 e. The molecule has 1 amide bonds. The van der Waals surface area contributed by atoms with Gasteiger partial charge < -0.3 is 5.73 Å². The highest BCUT2D eigenvalue weighted by Crippen LogP contribution is 2.27. The lowest BCUT2D eigenvalue weighted by Crippen LogP contribution is -2.11. The van der Waals surface area contributed by atoms with Gasteiger partial charge in [-0.05, 0) is 42.5 Å². The van der Waals surface area contributed by atoms with E-state index in [2.05, 4.69) is 25.0 Å². The van der Waals surface area contributed by atoms with Crippen molar-refractivity contribution in [3.05, 3.63) is 58.7 Å². The number of terminal acetylenes is 1. The van der Waals surface area contributed by atoms with Crippen LogP contribution in [-0.4, -0.2) is 5.91 Å². The number of rotatable bonds is 4. The van der Waals surface area contributed by atoms with Crippen molar-refractivity contribution >= 4 is 5.91 Å². The van der Waals surface area contributed by atoms with E-state index in [0.717, 1.165) is 24.0 Å². The Morgan fingerprint density at radius 2 is 2.21 bits per heavy atom. The van der Waals surface area contributed by atoms with Gasteiger partial charge in [-0.1, -0.05) is 36.6 Å². The van der Waals surface area contributed by atoms with Gasteiger partial charge in [0.1, 0.15) is 0 Å². The lowest BCUT2D eigenvalue weighted by Gasteiger charge is -2.08. The van der Waals surface area contributed by atoms with Crippen molar-refractivity contribution in [2.75, 3.05) is 0 Å². The molecule has 1 aliphatic rings. The molecule has 2 heteroatoms. The Morgan fingerprint density at radius 1 is 1.42 bits per heavy atom. The van der Waals surface area contributed by atoms with E-state index in [9.17, 15) is 4.79 Å². The van der Waals surface area contributed by atoms with E-state index in [-0.39, 0.29) is 5.91 Å². The Bertz CT molecular complexity index is 602. The zero-order valence-electron chi connectivity index (χ0n) is 11.0. The van der Waals surface area contributed by atoms with E-state index < -0.39 is 0 Å². The summed E-state index contributed by atoms with van der Waals surface area (Å²) in [4.78, 5) is 11.1. The molecule has 1 aromatic carbocycles. The van der Waals surface area contributed by atoms with Gasteiger partial charge in [0, 0.05) is 11.1 Å². The predicted octanol–water partition coefficient (Wildman–Crippen LogP) is 2.85. The monoisotopic (exact) mass is 251 g/mol. The summed E-state index contributed by atoms with van der Waals surface area (Å²) in [5, 5.41) is 0. The highest BCUT2D eigenvalue weighted by Gasteiger charge is 2.13. The molecule has 2 nitrogen and oxygen atoms in total. The van der Waals surface area contributed by atoms with Crippen LogP contribution in [0.5, 0.6) is 0 Å². The number of aryl methyl sites for hydroxylation is 1. The lowest BCUT2D eigenvalue weighted by atomic mass is 9.97. The highest BCUT2D eigenvalue weighted by molar-refractivity contribution is 5.92. The maximum Gasteiger partial charge on any atom is 0.248 e. The van der Waals surface area contributed by atoms with Crippen molar-refractivity contribution in [3.8, 4) is 12.3 Å². The summed E-state index contributed by atoms with van der Waals surface area (Å²) in [5.74, 6) is 2.70. The Labute approximate surface area is 114 Å². The van der Waals surface area contributed by atoms with Gasteiger partial charge in [-0.25, -0.2) is 0 Å². The second-order valence-corrected chi connectivity index (χ2v) is 4.84. The van der Waals surface area contributed by atoms with Crippen LogP contribution in [0.2, 0.25) is 0 Å². The van der Waals surface area contributed by atoms with Gasteiger partial charge in [0.25, 0.3) is 0 Å². The van der Waals surface area contributed by atoms with Crippen LogP contribution >= 0.6 is 0 Å². The standard InChI is InChI=1S/C17H17NO/c1-3-13-9-12(2)15(10-13)8-7-14-5-4-6-16(11-14)17(18)19/h1,4-6,9-12H,7-8H2,2H3,(H2,18,19). The molecule has 0 aliphatic heterocycles. The molecule has 2 N–H and O–H groups in total. The van der Waals surface area contributed by atoms with E-state index in [1.54, 1.807) is 6.07 Å². The number of hydrogen-bond donors (Lipinski definition) is 1. The van der Waals surface area contributed by atoms with Gasteiger partial charge in [-0.2, -0.15) is 0 Å². The van der Waals surface area contributed by atoms with Crippen LogP contribution in [0.4, 0.5) is 0 Å². The van der Waals surface area contributed by atoms with Gasteiger partial charge in [0.2, 0.25) is 5.91 Å². The molecule has 1 unspecified atom stereocenters. The minimum Gasteiger partial charge on any atom is -0.366 e. The van der Waals surface area contributed by atoms with Gasteiger partial charge in [0.05, 0.1) is 0 Å². The van der Waals surface area contributed by atoms with Crippen molar-refractivity contribution in [1.29, 1.82) is 0 Å². The second kappa shape index (κ2) is 5.58. The smallest absolute Gasteiger partial charge is 0.248 e. The molecule has 96 valence electrons. The van der Waals surface area contributed by atoms with Crippen LogP contribution in [0.3, 0.4) is 0 Å². The average molecular weight is 251 g/mol. The number of benzene rings is 1. The van der Waals surface area contributed by atoms with Crippen LogP contribution < -0.4 is 5.73 Å². The fourth-order valence-electron chi connectivity index (χ4n) is 2.31. The fraction of sp³-hybridized carbons (Fsp3) is 0.235. The van der Waals surface area contributed by atoms with Crippen molar-refractivity contribution in [1.82, 2.24) is 0 Å². The molecule has 0 spiro atoms. The summed E-state index contributed by atoms with van der Waals surface area (Å²) < 4.78 is 0. The highest BCUT2D eigenvalue weighted by atomic mass is 16.1. The van der Waals surface area contributed by atoms with Gasteiger partial charge >= 0.3 is 0 Å². The molecular formula is C17H17NO. The first-order chi connectivity index (χ1) is 9.10. The predicted molar refractivity (Wildman–Crippen MR) is 77.4 cm³/mol. The third kappa shape index (κ3) is 3.14. The number of allylic oxidation sites excluding steroid dienone is 4. The summed E-state index contributed by atoms with van der Waals surface area (Å²) in [5.41, 5.74) is 9.28. The van der Waals surface area contributed by atoms with Gasteiger partial charge in [-0.15, -0.1) is 6.42 Å². The van der Waals surface area contributed by atoms with Crippen molar-refractivity contribution in [2.24, 2.45) is 11.7 Å². The van der Waals surface area contributed by atoms with E-state index in [1.807, 2.05) is 18.2 Å². The molecule has 1 aromatic rings. The Balaban J connectivity index is 2.03. The van der Waals surface area contributed by atoms with Crippen molar-refractivity contribution in [3.63, 3.8) is 0 Å². The molecule has 1 atom stereocenters. The molecule has 2 rings (SSSR count). The van der Waals surface area contributed by atoms with Gasteiger partial charge in [-0.3, -0.25) is 4.79 Å². The normalized spacial score (nSPS) is 17.6. The fourth-order valence-corrected chi connectivity index (χ4v) is 2.31. The number of nitrogens with two attached hydrogens (primary N) is 1. The molecule has 0 fully saturated rings. The molecule has 0 heterocycles. The molecule has 0 bridgehead atoms. The van der Waals surface area contributed by atoms with E-state index in [1.165, 1.54) is 5.57 Å². The first-order valence-electron chi connectivity index (χ1n) is 6.38. The lowest BCUT2D eigenvalue weighted by molar-refractivity contribution is 0.1000. The molecular weight excluding hydrogens is 234 g/mol. The number of carbonyl (C=O) groups excluding carboxylic acids is 1. The average Bonchev–Trinajstić information content (AvgIpc) is 2.77. The minimum absolute atomic E-state index is 0.383. The first-order valence-corrected chi connectivity index (χ1v) is 6.38. The van der Waals surface area contributed by atoms with Crippen molar-refractivity contribution < 1.29 is 4.79 Å². The van der Waals surface area contributed by atoms with Crippen LogP contribution in [0.1, 0.15) is 29.3 Å². The summed E-state index contributed by atoms with van der Waals surface area (Å²) >= 11 is 0. The van der Waals surface area contributed by atoms with Crippen LogP contribution in [0, 0.1) is 18.3 Å². The minimum atomic E-state index is -0.383. The zero-order valence-corrected chi connectivity index (χ0v) is 11.0. The molecule has 0 saturated heterocycles. The van der Waals surface area contributed by atoms with Crippen LogP contribution in [0.25, 0.3) is 0 Å². The quantitative estimate of drug-likeness (QED) is 0.821. The van der Waals surface area contributed by atoms with Crippen molar-refractivity contribution in [2.45, 2.75) is 19.8 Å². The molecule has 0 radical (unpaired) electrons. The summed E-state index contributed by atoms with van der Waals surface area (Å²) in [6.07, 6.45) is 11.4. The second-order valence-electron chi connectivity index (χ2n) is 4.84. The number of amides is 1. The van der Waals surface area contributed by atoms with Crippen LogP contribution in [0.15, 0.2) is 47.6 Å². The summed E-state index contributed by atoms with van der Waals surface area (Å²) in [7, 11) is 0. The number of hydrogen-bond acceptors (Lipinski definition) is 1. The van der Waals surface area contributed by atoms with Gasteiger partial charge in [0.15, 0.2) is 0 Å². The zero-order chi connectivity index (χ0) is 13.8. The number of carbonyl (C=O) groups is 1. The third-order valence-corrected chi connectivity index (χ3v) is 3.44. The molecule has 0 saturated carbocycles. The molecule has 1 aliphatic carbocycles. The Morgan fingerprint density at radius 3 is 2.84 bits per heavy atom. The summed E-state index contributed by atoms with van der Waals surface area (Å²) in [6.45, 7) is 2.15. The van der Waals surface area contributed by atoms with E-state index in [0.29, 0.717) is 11.5 Å². The number of primary amides is 1. The van der Waals surface area contributed by atoms with E-state index >= 15 is 0 Å². The van der Waals surface area contributed by atoms with Crippen LogP contribution in [-0.2, 0) is 6.42 Å². The maximum atomic E-state index is 11.1. The molecule has 0 aromatic heterocycles. The third-order valence-electron chi connectivity index (χ3n) is 3.44. The van der Waals surface area contributed by atoms with E-state index in [4.69, 9.17) is 12.2 Å². The molecule has 19 heavy (non-hydrogen) atoms. The Kier molecular flexibility index (Phi) is 3.87.